The average molecular weight is 519 g/mol. The first-order valence-electron chi connectivity index (χ1n) is 11.5. The van der Waals surface area contributed by atoms with Crippen molar-refractivity contribution in [1.29, 1.82) is 0 Å². The fourth-order valence-electron chi connectivity index (χ4n) is 5.02. The van der Waals surface area contributed by atoms with Gasteiger partial charge in [0.15, 0.2) is 0 Å². The summed E-state index contributed by atoms with van der Waals surface area (Å²) in [7, 11) is -1.18. The lowest BCUT2D eigenvalue weighted by Crippen LogP contribution is -2.58. The number of alkyl halides is 3. The summed E-state index contributed by atoms with van der Waals surface area (Å²) in [6, 6.07) is 0. The molecule has 0 atom stereocenters. The number of rotatable bonds is 4. The monoisotopic (exact) mass is 518 g/mol. The molecule has 0 radical (unpaired) electrons. The highest BCUT2D eigenvalue weighted by Gasteiger charge is 2.50. The maximum absolute atomic E-state index is 12.7. The second-order valence-electron chi connectivity index (χ2n) is 9.08. The normalized spacial score (nSPS) is 20.8. The van der Waals surface area contributed by atoms with E-state index in [2.05, 4.69) is 21.5 Å². The number of fused-ring (bicyclic) bond motifs is 2. The van der Waals surface area contributed by atoms with Gasteiger partial charge >= 0.3 is 12.1 Å². The molecule has 2 aliphatic heterocycles. The minimum absolute atomic E-state index is 0.130. The molecule has 1 saturated heterocycles. The number of aliphatic carboxylic acids is 1. The van der Waals surface area contributed by atoms with Crippen LogP contribution in [0.2, 0.25) is 0 Å². The number of halogens is 3. The number of aromatic nitrogens is 4. The Morgan fingerprint density at radius 2 is 1.80 bits per heavy atom. The molecule has 0 unspecified atom stereocenters. The van der Waals surface area contributed by atoms with E-state index in [4.69, 9.17) is 14.9 Å². The molecule has 5 rings (SSSR count). The number of aryl methyl sites for hydroxylation is 1. The van der Waals surface area contributed by atoms with Crippen LogP contribution in [-0.4, -0.2) is 85.6 Å². The molecule has 2 aromatic rings. The second kappa shape index (κ2) is 9.21. The SMILES string of the molecule is CCN1CCn2c(-c3cnn(C)c3)cnc2C12CCN(S(=O)(=O)C1CC1)CC2.O=C(O)C(F)(F)F. The Bertz CT molecular complexity index is 1180. The molecule has 3 aliphatic rings. The predicted octanol–water partition coefficient (Wildman–Crippen LogP) is 2.04. The topological polar surface area (TPSA) is 114 Å². The van der Waals surface area contributed by atoms with Crippen LogP contribution in [0.15, 0.2) is 18.6 Å². The molecule has 1 spiro atoms. The summed E-state index contributed by atoms with van der Waals surface area (Å²) in [5.74, 6) is -1.67. The number of piperidine rings is 1. The van der Waals surface area contributed by atoms with Crippen LogP contribution in [0, 0.1) is 0 Å². The van der Waals surface area contributed by atoms with Crippen LogP contribution in [0.4, 0.5) is 13.2 Å². The van der Waals surface area contributed by atoms with Gasteiger partial charge in [0.05, 0.1) is 28.9 Å². The molecule has 14 heteroatoms. The van der Waals surface area contributed by atoms with Crippen molar-refractivity contribution in [2.45, 2.75) is 56.1 Å². The molecule has 0 aromatic carbocycles. The summed E-state index contributed by atoms with van der Waals surface area (Å²) < 4.78 is 63.0. The van der Waals surface area contributed by atoms with Gasteiger partial charge in [0, 0.05) is 45.0 Å². The summed E-state index contributed by atoms with van der Waals surface area (Å²) in [4.78, 5) is 16.3. The van der Waals surface area contributed by atoms with Crippen LogP contribution in [0.5, 0.6) is 0 Å². The molecule has 2 fully saturated rings. The predicted molar refractivity (Wildman–Crippen MR) is 120 cm³/mol. The van der Waals surface area contributed by atoms with Gasteiger partial charge < -0.3 is 9.67 Å². The Morgan fingerprint density at radius 3 is 2.29 bits per heavy atom. The fraction of sp³-hybridized carbons (Fsp3) is 0.667. The van der Waals surface area contributed by atoms with Gasteiger partial charge in [0.25, 0.3) is 0 Å². The molecular formula is C21H29F3N6O4S. The summed E-state index contributed by atoms with van der Waals surface area (Å²) in [5.41, 5.74) is 2.00. The zero-order valence-corrected chi connectivity index (χ0v) is 20.4. The summed E-state index contributed by atoms with van der Waals surface area (Å²) >= 11 is 0. The maximum Gasteiger partial charge on any atom is 0.490 e. The molecule has 1 saturated carbocycles. The first-order valence-corrected chi connectivity index (χ1v) is 13.0. The number of hydrogen-bond donors (Lipinski definition) is 1. The van der Waals surface area contributed by atoms with E-state index in [0.29, 0.717) is 13.1 Å². The van der Waals surface area contributed by atoms with Crippen molar-refractivity contribution in [3.63, 3.8) is 0 Å². The van der Waals surface area contributed by atoms with Crippen LogP contribution in [0.1, 0.15) is 38.4 Å². The molecule has 10 nitrogen and oxygen atoms in total. The molecule has 2 aromatic heterocycles. The lowest BCUT2D eigenvalue weighted by atomic mass is 9.84. The Morgan fingerprint density at radius 1 is 1.17 bits per heavy atom. The maximum atomic E-state index is 12.7. The highest BCUT2D eigenvalue weighted by Crippen LogP contribution is 2.44. The van der Waals surface area contributed by atoms with Gasteiger partial charge in [-0.25, -0.2) is 22.5 Å². The van der Waals surface area contributed by atoms with Crippen molar-refractivity contribution < 1.29 is 31.5 Å². The van der Waals surface area contributed by atoms with E-state index in [1.165, 1.54) is 0 Å². The molecule has 0 amide bonds. The Balaban J connectivity index is 0.000000364. The number of carboxylic acid groups (broad SMARTS) is 1. The zero-order valence-electron chi connectivity index (χ0n) is 19.6. The van der Waals surface area contributed by atoms with E-state index in [0.717, 1.165) is 62.4 Å². The number of nitrogens with zero attached hydrogens (tertiary/aromatic N) is 6. The van der Waals surface area contributed by atoms with Gasteiger partial charge in [-0.15, -0.1) is 0 Å². The van der Waals surface area contributed by atoms with E-state index in [9.17, 15) is 21.6 Å². The van der Waals surface area contributed by atoms with Crippen LogP contribution in [0.3, 0.4) is 0 Å². The third-order valence-electron chi connectivity index (χ3n) is 6.95. The van der Waals surface area contributed by atoms with Gasteiger partial charge in [-0.3, -0.25) is 9.58 Å². The van der Waals surface area contributed by atoms with E-state index >= 15 is 0 Å². The van der Waals surface area contributed by atoms with Crippen LogP contribution in [0.25, 0.3) is 11.3 Å². The number of imidazole rings is 1. The van der Waals surface area contributed by atoms with E-state index in [1.54, 1.807) is 4.31 Å². The Hall–Kier alpha value is -2.45. The number of carboxylic acids is 1. The van der Waals surface area contributed by atoms with E-state index in [-0.39, 0.29) is 10.8 Å². The summed E-state index contributed by atoms with van der Waals surface area (Å²) in [6.07, 6.45) is 4.03. The molecule has 1 aliphatic carbocycles. The molecule has 194 valence electrons. The van der Waals surface area contributed by atoms with Crippen molar-refractivity contribution in [1.82, 2.24) is 28.5 Å². The standard InChI is InChI=1S/C19H28N6O2S.C2HF3O2/c1-3-23-10-11-25-17(15-12-21-22(2)14-15)13-20-18(25)19(23)6-8-24(9-7-19)28(26,27)16-4-5-16;3-2(4,5)1(6)7/h12-14,16H,3-11H2,1-2H3;(H,6,7). The smallest absolute Gasteiger partial charge is 0.475 e. The van der Waals surface area contributed by atoms with Crippen molar-refractivity contribution in [3.05, 3.63) is 24.4 Å². The second-order valence-corrected chi connectivity index (χ2v) is 11.3. The quantitative estimate of drug-likeness (QED) is 0.659. The molecular weight excluding hydrogens is 489 g/mol. The number of carbonyl (C=O) groups is 1. The highest BCUT2D eigenvalue weighted by atomic mass is 32.2. The lowest BCUT2D eigenvalue weighted by Gasteiger charge is -2.50. The summed E-state index contributed by atoms with van der Waals surface area (Å²) in [6.45, 7) is 6.18. The minimum Gasteiger partial charge on any atom is -0.475 e. The van der Waals surface area contributed by atoms with Gasteiger partial charge in [0.2, 0.25) is 10.0 Å². The van der Waals surface area contributed by atoms with E-state index < -0.39 is 22.2 Å². The van der Waals surface area contributed by atoms with Crippen LogP contribution >= 0.6 is 0 Å². The van der Waals surface area contributed by atoms with Gasteiger partial charge in [-0.2, -0.15) is 18.3 Å². The molecule has 0 bridgehead atoms. The first-order chi connectivity index (χ1) is 16.4. The number of likely N-dealkylation sites (N-methyl/N-ethyl adjacent to an activating group) is 1. The van der Waals surface area contributed by atoms with Gasteiger partial charge in [-0.1, -0.05) is 6.92 Å². The van der Waals surface area contributed by atoms with Crippen molar-refractivity contribution in [2.75, 3.05) is 26.2 Å². The lowest BCUT2D eigenvalue weighted by molar-refractivity contribution is -0.192. The zero-order chi connectivity index (χ0) is 25.6. The number of hydrogen-bond acceptors (Lipinski definition) is 6. The fourth-order valence-corrected chi connectivity index (χ4v) is 6.87. The van der Waals surface area contributed by atoms with Gasteiger partial charge in [-0.05, 0) is 32.2 Å². The third-order valence-corrected chi connectivity index (χ3v) is 9.35. The van der Waals surface area contributed by atoms with Crippen LogP contribution in [-0.2, 0) is 33.9 Å². The largest absolute Gasteiger partial charge is 0.490 e. The minimum atomic E-state index is -5.08. The van der Waals surface area contributed by atoms with Gasteiger partial charge in [0.1, 0.15) is 5.82 Å². The van der Waals surface area contributed by atoms with Crippen molar-refractivity contribution in [3.8, 4) is 11.3 Å². The van der Waals surface area contributed by atoms with Crippen molar-refractivity contribution >= 4 is 16.0 Å². The van der Waals surface area contributed by atoms with E-state index in [1.807, 2.05) is 30.3 Å². The molecule has 35 heavy (non-hydrogen) atoms. The number of sulfonamides is 1. The molecule has 4 heterocycles. The first kappa shape index (κ1) is 25.6. The van der Waals surface area contributed by atoms with Crippen LogP contribution < -0.4 is 0 Å². The molecule has 1 N–H and O–H groups in total. The Kier molecular flexibility index (Phi) is 6.74. The third kappa shape index (κ3) is 4.83. The Labute approximate surface area is 201 Å². The highest BCUT2D eigenvalue weighted by molar-refractivity contribution is 7.90. The average Bonchev–Trinajstić information content (AvgIpc) is 3.45. The van der Waals surface area contributed by atoms with Crippen molar-refractivity contribution in [2.24, 2.45) is 7.05 Å². The summed E-state index contributed by atoms with van der Waals surface area (Å²) in [5, 5.41) is 11.3.